The Bertz CT molecular complexity index is 299. The Morgan fingerprint density at radius 3 is 2.53 bits per heavy atom. The van der Waals surface area contributed by atoms with Crippen molar-refractivity contribution in [3.63, 3.8) is 0 Å². The molecule has 0 spiro atoms. The van der Waals surface area contributed by atoms with Crippen LogP contribution in [-0.4, -0.2) is 12.6 Å². The van der Waals surface area contributed by atoms with Crippen molar-refractivity contribution in [1.29, 1.82) is 0 Å². The Morgan fingerprint density at radius 2 is 2.00 bits per heavy atom. The summed E-state index contributed by atoms with van der Waals surface area (Å²) in [7, 11) is 0. The molecular weight excluding hydrogens is 186 g/mol. The minimum atomic E-state index is 0.250. The summed E-state index contributed by atoms with van der Waals surface area (Å²) >= 11 is 0. The lowest BCUT2D eigenvalue weighted by atomic mass is 10.1. The molecule has 1 fully saturated rings. The molecule has 1 aliphatic heterocycles. The van der Waals surface area contributed by atoms with E-state index in [9.17, 15) is 0 Å². The maximum Gasteiger partial charge on any atom is 0.119 e. The van der Waals surface area contributed by atoms with Gasteiger partial charge < -0.3 is 10.1 Å². The van der Waals surface area contributed by atoms with Gasteiger partial charge in [-0.05, 0) is 50.9 Å². The fraction of sp³-hybridized carbons (Fsp3) is 0.538. The number of hydrogen-bond acceptors (Lipinski definition) is 2. The molecule has 1 atom stereocenters. The van der Waals surface area contributed by atoms with Gasteiger partial charge in [0.25, 0.3) is 0 Å². The Hall–Kier alpha value is -1.02. The van der Waals surface area contributed by atoms with E-state index in [0.717, 1.165) is 12.3 Å². The van der Waals surface area contributed by atoms with E-state index < -0.39 is 0 Å². The van der Waals surface area contributed by atoms with Gasteiger partial charge in [0.2, 0.25) is 0 Å². The van der Waals surface area contributed by atoms with Gasteiger partial charge in [-0.3, -0.25) is 0 Å². The molecule has 2 rings (SSSR count). The third kappa shape index (κ3) is 2.72. The molecule has 1 aromatic rings. The minimum absolute atomic E-state index is 0.250. The zero-order valence-corrected chi connectivity index (χ0v) is 9.49. The second-order valence-electron chi connectivity index (χ2n) is 4.38. The van der Waals surface area contributed by atoms with E-state index in [4.69, 9.17) is 4.74 Å². The smallest absolute Gasteiger partial charge is 0.119 e. The second-order valence-corrected chi connectivity index (χ2v) is 4.38. The average molecular weight is 205 g/mol. The lowest BCUT2D eigenvalue weighted by molar-refractivity contribution is 0.242. The normalized spacial score (nSPS) is 20.9. The summed E-state index contributed by atoms with van der Waals surface area (Å²) < 4.78 is 5.61. The first-order valence-electron chi connectivity index (χ1n) is 5.76. The maximum absolute atomic E-state index is 5.61. The maximum atomic E-state index is 5.61. The number of nitrogens with one attached hydrogen (secondary N) is 1. The lowest BCUT2D eigenvalue weighted by Gasteiger charge is -2.13. The highest BCUT2D eigenvalue weighted by Crippen LogP contribution is 2.24. The fourth-order valence-corrected chi connectivity index (χ4v) is 2.02. The third-order valence-electron chi connectivity index (χ3n) is 2.71. The summed E-state index contributed by atoms with van der Waals surface area (Å²) in [5, 5.41) is 3.49. The largest absolute Gasteiger partial charge is 0.491 e. The van der Waals surface area contributed by atoms with Gasteiger partial charge >= 0.3 is 0 Å². The second kappa shape index (κ2) is 4.67. The molecule has 0 radical (unpaired) electrons. The summed E-state index contributed by atoms with van der Waals surface area (Å²) in [4.78, 5) is 0. The molecule has 0 aromatic heterocycles. The van der Waals surface area contributed by atoms with Crippen molar-refractivity contribution in [2.24, 2.45) is 0 Å². The molecule has 1 unspecified atom stereocenters. The van der Waals surface area contributed by atoms with Gasteiger partial charge in [-0.2, -0.15) is 0 Å². The number of benzene rings is 1. The van der Waals surface area contributed by atoms with Gasteiger partial charge in [0.1, 0.15) is 5.75 Å². The van der Waals surface area contributed by atoms with Crippen LogP contribution >= 0.6 is 0 Å². The first kappa shape index (κ1) is 10.5. The standard InChI is InChI=1S/C13H19NO/c1-10(2)15-12-7-5-11(6-8-12)13-4-3-9-14-13/h5-8,10,13-14H,3-4,9H2,1-2H3. The predicted molar refractivity (Wildman–Crippen MR) is 62.2 cm³/mol. The monoisotopic (exact) mass is 205 g/mol. The number of rotatable bonds is 3. The molecule has 1 saturated heterocycles. The van der Waals surface area contributed by atoms with Crippen molar-refractivity contribution in [2.75, 3.05) is 6.54 Å². The van der Waals surface area contributed by atoms with Crippen LogP contribution in [0, 0.1) is 0 Å². The molecule has 0 aliphatic carbocycles. The molecule has 1 N–H and O–H groups in total. The van der Waals surface area contributed by atoms with E-state index in [1.165, 1.54) is 18.4 Å². The minimum Gasteiger partial charge on any atom is -0.491 e. The third-order valence-corrected chi connectivity index (χ3v) is 2.71. The van der Waals surface area contributed by atoms with Gasteiger partial charge in [0.15, 0.2) is 0 Å². The van der Waals surface area contributed by atoms with Gasteiger partial charge in [0.05, 0.1) is 6.10 Å². The molecule has 0 bridgehead atoms. The molecule has 0 saturated carbocycles. The Kier molecular flexibility index (Phi) is 3.27. The molecular formula is C13H19NO. The molecule has 0 amide bonds. The number of ether oxygens (including phenoxy) is 1. The lowest BCUT2D eigenvalue weighted by Crippen LogP contribution is -2.12. The van der Waals surface area contributed by atoms with Crippen LogP contribution in [-0.2, 0) is 0 Å². The van der Waals surface area contributed by atoms with E-state index in [-0.39, 0.29) is 6.10 Å². The summed E-state index contributed by atoms with van der Waals surface area (Å²) in [5.74, 6) is 0.965. The summed E-state index contributed by atoms with van der Waals surface area (Å²) in [6.07, 6.45) is 2.79. The molecule has 2 nitrogen and oxygen atoms in total. The van der Waals surface area contributed by atoms with Crippen molar-refractivity contribution >= 4 is 0 Å². The van der Waals surface area contributed by atoms with Crippen LogP contribution in [0.4, 0.5) is 0 Å². The first-order valence-corrected chi connectivity index (χ1v) is 5.76. The van der Waals surface area contributed by atoms with Crippen molar-refractivity contribution in [2.45, 2.75) is 38.8 Å². The SMILES string of the molecule is CC(C)Oc1ccc(C2CCCN2)cc1. The Labute approximate surface area is 91.6 Å². The summed E-state index contributed by atoms with van der Waals surface area (Å²) in [5.41, 5.74) is 1.38. The molecule has 15 heavy (non-hydrogen) atoms. The van der Waals surface area contributed by atoms with Crippen molar-refractivity contribution in [3.05, 3.63) is 29.8 Å². The van der Waals surface area contributed by atoms with Crippen molar-refractivity contribution < 1.29 is 4.74 Å². The number of hydrogen-bond donors (Lipinski definition) is 1. The predicted octanol–water partition coefficient (Wildman–Crippen LogP) is 2.90. The van der Waals surface area contributed by atoms with Gasteiger partial charge in [-0.15, -0.1) is 0 Å². The van der Waals surface area contributed by atoms with Crippen LogP contribution in [0.15, 0.2) is 24.3 Å². The van der Waals surface area contributed by atoms with Crippen LogP contribution < -0.4 is 10.1 Å². The Morgan fingerprint density at radius 1 is 1.27 bits per heavy atom. The van der Waals surface area contributed by atoms with E-state index in [2.05, 4.69) is 29.6 Å². The summed E-state index contributed by atoms with van der Waals surface area (Å²) in [6.45, 7) is 5.24. The van der Waals surface area contributed by atoms with Crippen molar-refractivity contribution in [1.82, 2.24) is 5.32 Å². The molecule has 1 aliphatic rings. The van der Waals surface area contributed by atoms with Gasteiger partial charge in [0, 0.05) is 6.04 Å². The average Bonchev–Trinajstić information content (AvgIpc) is 2.71. The molecule has 2 heteroatoms. The quantitative estimate of drug-likeness (QED) is 0.819. The van der Waals surface area contributed by atoms with Gasteiger partial charge in [-0.25, -0.2) is 0 Å². The highest BCUT2D eigenvalue weighted by atomic mass is 16.5. The fourth-order valence-electron chi connectivity index (χ4n) is 2.02. The van der Waals surface area contributed by atoms with Crippen LogP contribution in [0.5, 0.6) is 5.75 Å². The van der Waals surface area contributed by atoms with Gasteiger partial charge in [-0.1, -0.05) is 12.1 Å². The summed E-state index contributed by atoms with van der Waals surface area (Å²) in [6, 6.07) is 9.02. The molecule has 1 aromatic carbocycles. The Balaban J connectivity index is 2.03. The van der Waals surface area contributed by atoms with Crippen LogP contribution in [0.1, 0.15) is 38.3 Å². The van der Waals surface area contributed by atoms with Crippen molar-refractivity contribution in [3.8, 4) is 5.75 Å². The van der Waals surface area contributed by atoms with Crippen LogP contribution in [0.3, 0.4) is 0 Å². The highest BCUT2D eigenvalue weighted by molar-refractivity contribution is 5.29. The highest BCUT2D eigenvalue weighted by Gasteiger charge is 2.15. The van der Waals surface area contributed by atoms with E-state index in [1.807, 2.05) is 13.8 Å². The zero-order valence-electron chi connectivity index (χ0n) is 9.49. The van der Waals surface area contributed by atoms with Crippen LogP contribution in [0.25, 0.3) is 0 Å². The first-order chi connectivity index (χ1) is 7.25. The zero-order chi connectivity index (χ0) is 10.7. The van der Waals surface area contributed by atoms with E-state index >= 15 is 0 Å². The topological polar surface area (TPSA) is 21.3 Å². The molecule has 82 valence electrons. The van der Waals surface area contributed by atoms with E-state index in [0.29, 0.717) is 6.04 Å². The van der Waals surface area contributed by atoms with E-state index in [1.54, 1.807) is 0 Å². The molecule has 1 heterocycles. The van der Waals surface area contributed by atoms with Crippen LogP contribution in [0.2, 0.25) is 0 Å².